The molecule has 0 radical (unpaired) electrons. The normalized spacial score (nSPS) is 10.9. The lowest BCUT2D eigenvalue weighted by Gasteiger charge is -2.09. The standard InChI is InChI=1S/C22H21FN6O/c1-15-3-8-18(25-14-15)21-13-19(16-4-6-17(23)7-5-16)27-29(21)12-11-24-22(30)20-9-10-26-28(20)2/h3-10,13-14H,11-12H2,1-2H3,(H,24,30). The number of carbonyl (C=O) groups excluding carboxylic acids is 1. The molecule has 152 valence electrons. The molecule has 1 N–H and O–H groups in total. The average Bonchev–Trinajstić information content (AvgIpc) is 3.36. The monoisotopic (exact) mass is 404 g/mol. The lowest BCUT2D eigenvalue weighted by molar-refractivity contribution is 0.0942. The zero-order valence-corrected chi connectivity index (χ0v) is 16.7. The van der Waals surface area contributed by atoms with Crippen LogP contribution in [0, 0.1) is 12.7 Å². The molecule has 0 fully saturated rings. The molecule has 0 bridgehead atoms. The van der Waals surface area contributed by atoms with Crippen LogP contribution in [0.15, 0.2) is 60.9 Å². The smallest absolute Gasteiger partial charge is 0.269 e. The molecule has 1 amide bonds. The highest BCUT2D eigenvalue weighted by atomic mass is 19.1. The Labute approximate surface area is 173 Å². The zero-order chi connectivity index (χ0) is 21.1. The maximum absolute atomic E-state index is 13.3. The van der Waals surface area contributed by atoms with Gasteiger partial charge in [0.15, 0.2) is 0 Å². The quantitative estimate of drug-likeness (QED) is 0.535. The molecule has 3 heterocycles. The highest BCUT2D eigenvalue weighted by Crippen LogP contribution is 2.25. The lowest BCUT2D eigenvalue weighted by atomic mass is 10.1. The summed E-state index contributed by atoms with van der Waals surface area (Å²) in [5.74, 6) is -0.493. The molecule has 0 spiro atoms. The summed E-state index contributed by atoms with van der Waals surface area (Å²) in [6.45, 7) is 2.81. The fraction of sp³-hybridized carbons (Fsp3) is 0.182. The molecule has 4 aromatic rings. The van der Waals surface area contributed by atoms with Crippen LogP contribution in [-0.2, 0) is 13.6 Å². The highest BCUT2D eigenvalue weighted by molar-refractivity contribution is 5.92. The number of aryl methyl sites for hydroxylation is 2. The maximum atomic E-state index is 13.3. The second kappa shape index (κ2) is 8.28. The molecule has 0 saturated heterocycles. The molecule has 3 aromatic heterocycles. The van der Waals surface area contributed by atoms with Crippen LogP contribution in [0.25, 0.3) is 22.6 Å². The second-order valence-corrected chi connectivity index (χ2v) is 6.96. The van der Waals surface area contributed by atoms with Gasteiger partial charge in [0.25, 0.3) is 5.91 Å². The third-order valence-corrected chi connectivity index (χ3v) is 4.76. The van der Waals surface area contributed by atoms with Crippen LogP contribution in [0.4, 0.5) is 4.39 Å². The molecular formula is C22H21FN6O. The van der Waals surface area contributed by atoms with E-state index in [1.54, 1.807) is 42.3 Å². The van der Waals surface area contributed by atoms with Gasteiger partial charge in [-0.15, -0.1) is 0 Å². The molecule has 7 nitrogen and oxygen atoms in total. The number of hydrogen-bond acceptors (Lipinski definition) is 4. The van der Waals surface area contributed by atoms with E-state index in [4.69, 9.17) is 0 Å². The third kappa shape index (κ3) is 4.12. The predicted octanol–water partition coefficient (Wildman–Crippen LogP) is 3.22. The van der Waals surface area contributed by atoms with Gasteiger partial charge in [-0.25, -0.2) is 4.39 Å². The van der Waals surface area contributed by atoms with Crippen molar-refractivity contribution in [1.82, 2.24) is 29.9 Å². The maximum Gasteiger partial charge on any atom is 0.269 e. The van der Waals surface area contributed by atoms with E-state index >= 15 is 0 Å². The summed E-state index contributed by atoms with van der Waals surface area (Å²) >= 11 is 0. The minimum absolute atomic E-state index is 0.198. The van der Waals surface area contributed by atoms with Crippen LogP contribution in [0.5, 0.6) is 0 Å². The topological polar surface area (TPSA) is 77.6 Å². The first-order valence-corrected chi connectivity index (χ1v) is 9.54. The van der Waals surface area contributed by atoms with Crippen molar-refractivity contribution in [2.75, 3.05) is 6.54 Å². The van der Waals surface area contributed by atoms with Crippen molar-refractivity contribution < 1.29 is 9.18 Å². The Balaban J connectivity index is 1.58. The van der Waals surface area contributed by atoms with Gasteiger partial charge in [0.05, 0.1) is 23.6 Å². The number of nitrogens with zero attached hydrogens (tertiary/aromatic N) is 5. The number of nitrogens with one attached hydrogen (secondary N) is 1. The molecule has 0 aliphatic heterocycles. The summed E-state index contributed by atoms with van der Waals surface area (Å²) in [7, 11) is 1.72. The highest BCUT2D eigenvalue weighted by Gasteiger charge is 2.14. The van der Waals surface area contributed by atoms with Gasteiger partial charge in [-0.05, 0) is 55.0 Å². The number of amides is 1. The first-order valence-electron chi connectivity index (χ1n) is 9.54. The molecular weight excluding hydrogens is 383 g/mol. The van der Waals surface area contributed by atoms with Crippen LogP contribution in [0.3, 0.4) is 0 Å². The van der Waals surface area contributed by atoms with Gasteiger partial charge in [-0.1, -0.05) is 6.07 Å². The first-order chi connectivity index (χ1) is 14.5. The molecule has 1 aromatic carbocycles. The van der Waals surface area contributed by atoms with Crippen LogP contribution in [0.2, 0.25) is 0 Å². The molecule has 0 saturated carbocycles. The molecule has 0 atom stereocenters. The van der Waals surface area contributed by atoms with E-state index in [-0.39, 0.29) is 11.7 Å². The Bertz CT molecular complexity index is 1160. The Morgan fingerprint density at radius 1 is 1.10 bits per heavy atom. The Kier molecular flexibility index (Phi) is 5.38. The summed E-state index contributed by atoms with van der Waals surface area (Å²) in [6, 6.07) is 13.7. The predicted molar refractivity (Wildman–Crippen MR) is 111 cm³/mol. The van der Waals surface area contributed by atoms with E-state index in [9.17, 15) is 9.18 Å². The molecule has 0 aliphatic carbocycles. The van der Waals surface area contributed by atoms with E-state index in [0.717, 1.165) is 22.5 Å². The number of aromatic nitrogens is 5. The van der Waals surface area contributed by atoms with Gasteiger partial charge >= 0.3 is 0 Å². The number of carbonyl (C=O) groups is 1. The minimum Gasteiger partial charge on any atom is -0.349 e. The van der Waals surface area contributed by atoms with Crippen molar-refractivity contribution in [3.8, 4) is 22.6 Å². The van der Waals surface area contributed by atoms with Crippen molar-refractivity contribution in [2.45, 2.75) is 13.5 Å². The van der Waals surface area contributed by atoms with Crippen molar-refractivity contribution in [2.24, 2.45) is 7.05 Å². The molecule has 0 aliphatic rings. The van der Waals surface area contributed by atoms with E-state index in [1.165, 1.54) is 16.8 Å². The zero-order valence-electron chi connectivity index (χ0n) is 16.7. The Hall–Kier alpha value is -3.81. The molecule has 0 unspecified atom stereocenters. The minimum atomic E-state index is -0.295. The van der Waals surface area contributed by atoms with Crippen molar-refractivity contribution >= 4 is 5.91 Å². The molecule has 30 heavy (non-hydrogen) atoms. The van der Waals surface area contributed by atoms with Crippen molar-refractivity contribution in [3.63, 3.8) is 0 Å². The van der Waals surface area contributed by atoms with Crippen molar-refractivity contribution in [3.05, 3.63) is 78.0 Å². The fourth-order valence-electron chi connectivity index (χ4n) is 3.14. The first kappa shape index (κ1) is 19.5. The lowest BCUT2D eigenvalue weighted by Crippen LogP contribution is -2.29. The molecule has 8 heteroatoms. The number of rotatable bonds is 6. The SMILES string of the molecule is Cc1ccc(-c2cc(-c3ccc(F)cc3)nn2CCNC(=O)c2ccnn2C)nc1. The van der Waals surface area contributed by atoms with Crippen LogP contribution in [-0.4, -0.2) is 37.0 Å². The van der Waals surface area contributed by atoms with E-state index in [0.29, 0.717) is 24.5 Å². The Morgan fingerprint density at radius 2 is 1.90 bits per heavy atom. The van der Waals surface area contributed by atoms with Gasteiger partial charge in [0, 0.05) is 31.5 Å². The third-order valence-electron chi connectivity index (χ3n) is 4.76. The van der Waals surface area contributed by atoms with Gasteiger partial charge < -0.3 is 5.32 Å². The number of hydrogen-bond donors (Lipinski definition) is 1. The largest absolute Gasteiger partial charge is 0.349 e. The van der Waals surface area contributed by atoms with Crippen LogP contribution >= 0.6 is 0 Å². The number of pyridine rings is 1. The average molecular weight is 404 g/mol. The van der Waals surface area contributed by atoms with Gasteiger partial charge in [-0.3, -0.25) is 19.1 Å². The van der Waals surface area contributed by atoms with Crippen LogP contribution < -0.4 is 5.32 Å². The second-order valence-electron chi connectivity index (χ2n) is 6.96. The number of benzene rings is 1. The fourth-order valence-corrected chi connectivity index (χ4v) is 3.14. The van der Waals surface area contributed by atoms with E-state index in [1.807, 2.05) is 25.1 Å². The van der Waals surface area contributed by atoms with Gasteiger partial charge in [0.2, 0.25) is 0 Å². The Morgan fingerprint density at radius 3 is 2.57 bits per heavy atom. The summed E-state index contributed by atoms with van der Waals surface area (Å²) in [4.78, 5) is 16.8. The van der Waals surface area contributed by atoms with E-state index < -0.39 is 0 Å². The van der Waals surface area contributed by atoms with Crippen LogP contribution in [0.1, 0.15) is 16.1 Å². The number of halogens is 1. The van der Waals surface area contributed by atoms with E-state index in [2.05, 4.69) is 20.5 Å². The molecule has 4 rings (SSSR count). The van der Waals surface area contributed by atoms with Gasteiger partial charge in [-0.2, -0.15) is 10.2 Å². The summed E-state index contributed by atoms with van der Waals surface area (Å²) in [5.41, 5.74) is 4.67. The van der Waals surface area contributed by atoms with Crippen molar-refractivity contribution in [1.29, 1.82) is 0 Å². The summed E-state index contributed by atoms with van der Waals surface area (Å²) < 4.78 is 16.6. The summed E-state index contributed by atoms with van der Waals surface area (Å²) in [5, 5.41) is 11.6. The van der Waals surface area contributed by atoms with Gasteiger partial charge in [0.1, 0.15) is 11.5 Å². The summed E-state index contributed by atoms with van der Waals surface area (Å²) in [6.07, 6.45) is 3.38.